The molecule has 0 spiro atoms. The fourth-order valence-electron chi connectivity index (χ4n) is 3.35. The van der Waals surface area contributed by atoms with E-state index in [0.29, 0.717) is 30.2 Å². The van der Waals surface area contributed by atoms with Crippen LogP contribution in [-0.2, 0) is 17.8 Å². The first-order valence-electron chi connectivity index (χ1n) is 9.56. The quantitative estimate of drug-likeness (QED) is 0.644. The highest BCUT2D eigenvalue weighted by atomic mass is 32.2. The zero-order chi connectivity index (χ0) is 20.1. The highest BCUT2D eigenvalue weighted by molar-refractivity contribution is 8.00. The molecule has 6 heteroatoms. The molecule has 1 aliphatic heterocycles. The normalized spacial score (nSPS) is 16.2. The Morgan fingerprint density at radius 3 is 2.59 bits per heavy atom. The lowest BCUT2D eigenvalue weighted by atomic mass is 10.1. The summed E-state index contributed by atoms with van der Waals surface area (Å²) in [7, 11) is 0. The highest BCUT2D eigenvalue weighted by Gasteiger charge is 2.32. The Morgan fingerprint density at radius 2 is 1.86 bits per heavy atom. The summed E-state index contributed by atoms with van der Waals surface area (Å²) in [6, 6.07) is 21.3. The predicted octanol–water partition coefficient (Wildman–Crippen LogP) is 4.03. The minimum absolute atomic E-state index is 0.00792. The van der Waals surface area contributed by atoms with Gasteiger partial charge < -0.3 is 14.6 Å². The molecule has 2 aromatic carbocycles. The van der Waals surface area contributed by atoms with Crippen molar-refractivity contribution in [2.45, 2.75) is 18.3 Å². The average Bonchev–Trinajstić information content (AvgIpc) is 3.41. The smallest absolute Gasteiger partial charge is 0.251 e. The standard InChI is InChI=1S/C23H22N2O3S/c26-21-16-29-23(25(21)13-12-17-5-2-1-3-6-17)19-10-8-18(9-11-19)22(27)24-15-20-7-4-14-28-20/h1-11,14,23H,12-13,15-16H2,(H,24,27)/t23-/m0/s1. The van der Waals surface area contributed by atoms with Gasteiger partial charge >= 0.3 is 0 Å². The zero-order valence-electron chi connectivity index (χ0n) is 15.9. The molecule has 0 bridgehead atoms. The molecule has 148 valence electrons. The number of carbonyl (C=O) groups excluding carboxylic acids is 2. The minimum atomic E-state index is -0.149. The van der Waals surface area contributed by atoms with Gasteiger partial charge in [-0.15, -0.1) is 11.8 Å². The number of hydrogen-bond acceptors (Lipinski definition) is 4. The number of hydrogen-bond donors (Lipinski definition) is 1. The molecule has 1 fully saturated rings. The predicted molar refractivity (Wildman–Crippen MR) is 113 cm³/mol. The fourth-order valence-corrected chi connectivity index (χ4v) is 4.57. The van der Waals surface area contributed by atoms with Crippen molar-refractivity contribution in [1.82, 2.24) is 10.2 Å². The number of carbonyl (C=O) groups is 2. The maximum atomic E-state index is 12.4. The number of amides is 2. The molecular weight excluding hydrogens is 384 g/mol. The summed E-state index contributed by atoms with van der Waals surface area (Å²) in [6.45, 7) is 1.04. The third-order valence-corrected chi connectivity index (χ3v) is 6.17. The number of benzene rings is 2. The van der Waals surface area contributed by atoms with Crippen molar-refractivity contribution in [2.75, 3.05) is 12.3 Å². The Balaban J connectivity index is 1.39. The van der Waals surface area contributed by atoms with Crippen molar-refractivity contribution in [1.29, 1.82) is 0 Å². The lowest BCUT2D eigenvalue weighted by molar-refractivity contribution is -0.128. The first kappa shape index (κ1) is 19.3. The van der Waals surface area contributed by atoms with Crippen LogP contribution in [0.3, 0.4) is 0 Å². The van der Waals surface area contributed by atoms with Gasteiger partial charge in [-0.3, -0.25) is 9.59 Å². The topological polar surface area (TPSA) is 62.6 Å². The third kappa shape index (κ3) is 4.71. The molecule has 1 aliphatic rings. The largest absolute Gasteiger partial charge is 0.467 e. The van der Waals surface area contributed by atoms with Crippen molar-refractivity contribution in [2.24, 2.45) is 0 Å². The average molecular weight is 407 g/mol. The van der Waals surface area contributed by atoms with Crippen LogP contribution in [0.5, 0.6) is 0 Å². The first-order valence-corrected chi connectivity index (χ1v) is 10.6. The van der Waals surface area contributed by atoms with Gasteiger partial charge in [0.1, 0.15) is 11.1 Å². The number of nitrogens with one attached hydrogen (secondary N) is 1. The fraction of sp³-hybridized carbons (Fsp3) is 0.217. The molecule has 3 aromatic rings. The van der Waals surface area contributed by atoms with E-state index in [1.165, 1.54) is 5.56 Å². The molecule has 5 nitrogen and oxygen atoms in total. The van der Waals surface area contributed by atoms with Gasteiger partial charge in [0, 0.05) is 12.1 Å². The second kappa shape index (κ2) is 9.01. The highest BCUT2D eigenvalue weighted by Crippen LogP contribution is 2.38. The molecule has 29 heavy (non-hydrogen) atoms. The molecule has 1 aromatic heterocycles. The number of furan rings is 1. The molecule has 2 amide bonds. The van der Waals surface area contributed by atoms with E-state index in [4.69, 9.17) is 4.42 Å². The van der Waals surface area contributed by atoms with Gasteiger partial charge in [-0.1, -0.05) is 42.5 Å². The van der Waals surface area contributed by atoms with Crippen molar-refractivity contribution in [3.63, 3.8) is 0 Å². The molecule has 0 unspecified atom stereocenters. The van der Waals surface area contributed by atoms with Crippen LogP contribution in [0.25, 0.3) is 0 Å². The minimum Gasteiger partial charge on any atom is -0.467 e. The van der Waals surface area contributed by atoms with E-state index in [-0.39, 0.29) is 17.2 Å². The Bertz CT molecular complexity index is 956. The lowest BCUT2D eigenvalue weighted by Crippen LogP contribution is -2.30. The van der Waals surface area contributed by atoms with Crippen LogP contribution in [0.4, 0.5) is 0 Å². The summed E-state index contributed by atoms with van der Waals surface area (Å²) >= 11 is 1.63. The number of nitrogens with zero attached hydrogens (tertiary/aromatic N) is 1. The van der Waals surface area contributed by atoms with Crippen molar-refractivity contribution >= 4 is 23.6 Å². The Labute approximate surface area is 174 Å². The molecule has 1 saturated heterocycles. The van der Waals surface area contributed by atoms with Crippen molar-refractivity contribution in [3.05, 3.63) is 95.4 Å². The second-order valence-electron chi connectivity index (χ2n) is 6.87. The van der Waals surface area contributed by atoms with E-state index in [1.54, 1.807) is 24.1 Å². The SMILES string of the molecule is O=C(NCc1ccco1)c1ccc([C@@H]2SCC(=O)N2CCc2ccccc2)cc1. The van der Waals surface area contributed by atoms with Crippen LogP contribution in [0.1, 0.15) is 32.6 Å². The van der Waals surface area contributed by atoms with Gasteiger partial charge in [-0.2, -0.15) is 0 Å². The molecule has 0 radical (unpaired) electrons. The summed E-state index contributed by atoms with van der Waals surface area (Å²) in [4.78, 5) is 26.6. The van der Waals surface area contributed by atoms with Crippen LogP contribution in [-0.4, -0.2) is 29.0 Å². The van der Waals surface area contributed by atoms with Gasteiger partial charge in [0.25, 0.3) is 5.91 Å². The van der Waals surface area contributed by atoms with Crippen LogP contribution in [0.2, 0.25) is 0 Å². The molecule has 0 saturated carbocycles. The molecule has 1 N–H and O–H groups in total. The Morgan fingerprint density at radius 1 is 1.07 bits per heavy atom. The van der Waals surface area contributed by atoms with Gasteiger partial charge in [-0.25, -0.2) is 0 Å². The van der Waals surface area contributed by atoms with Gasteiger partial charge in [0.15, 0.2) is 0 Å². The molecule has 2 heterocycles. The van der Waals surface area contributed by atoms with Crippen LogP contribution in [0, 0.1) is 0 Å². The second-order valence-corrected chi connectivity index (χ2v) is 7.94. The summed E-state index contributed by atoms with van der Waals surface area (Å²) in [5, 5.41) is 2.83. The van der Waals surface area contributed by atoms with Gasteiger partial charge in [-0.05, 0) is 41.8 Å². The summed E-state index contributed by atoms with van der Waals surface area (Å²) in [5.74, 6) is 1.22. The molecular formula is C23H22N2O3S. The van der Waals surface area contributed by atoms with E-state index in [0.717, 1.165) is 12.0 Å². The van der Waals surface area contributed by atoms with Crippen LogP contribution < -0.4 is 5.32 Å². The van der Waals surface area contributed by atoms with Crippen molar-refractivity contribution in [3.8, 4) is 0 Å². The maximum Gasteiger partial charge on any atom is 0.251 e. The summed E-state index contributed by atoms with van der Waals surface area (Å²) in [5.41, 5.74) is 2.85. The number of rotatable bonds is 7. The van der Waals surface area contributed by atoms with E-state index < -0.39 is 0 Å². The first-order chi connectivity index (χ1) is 14.2. The zero-order valence-corrected chi connectivity index (χ0v) is 16.7. The third-order valence-electron chi connectivity index (χ3n) is 4.91. The van der Waals surface area contributed by atoms with Crippen LogP contribution >= 0.6 is 11.8 Å². The Hall–Kier alpha value is -2.99. The summed E-state index contributed by atoms with van der Waals surface area (Å²) in [6.07, 6.45) is 2.41. The monoisotopic (exact) mass is 406 g/mol. The van der Waals surface area contributed by atoms with Crippen LogP contribution in [0.15, 0.2) is 77.4 Å². The molecule has 1 atom stereocenters. The lowest BCUT2D eigenvalue weighted by Gasteiger charge is -2.24. The molecule has 4 rings (SSSR count). The van der Waals surface area contributed by atoms with E-state index in [2.05, 4.69) is 17.4 Å². The van der Waals surface area contributed by atoms with Gasteiger partial charge in [0.2, 0.25) is 5.91 Å². The van der Waals surface area contributed by atoms with Crippen molar-refractivity contribution < 1.29 is 14.0 Å². The maximum absolute atomic E-state index is 12.4. The van der Waals surface area contributed by atoms with E-state index in [9.17, 15) is 9.59 Å². The van der Waals surface area contributed by atoms with E-state index >= 15 is 0 Å². The van der Waals surface area contributed by atoms with E-state index in [1.807, 2.05) is 53.4 Å². The molecule has 0 aliphatic carbocycles. The van der Waals surface area contributed by atoms with Gasteiger partial charge in [0.05, 0.1) is 18.6 Å². The Kier molecular flexibility index (Phi) is 6.00. The number of thioether (sulfide) groups is 1. The summed E-state index contributed by atoms with van der Waals surface area (Å²) < 4.78 is 5.23.